The maximum atomic E-state index is 12.4. The molecule has 14 heteroatoms. The first-order valence-electron chi connectivity index (χ1n) is 13.8. The number of hydrogen-bond acceptors (Lipinski definition) is 10. The minimum Gasteiger partial charge on any atom is -0.495 e. The van der Waals surface area contributed by atoms with Gasteiger partial charge in [-0.05, 0) is 75.3 Å². The van der Waals surface area contributed by atoms with E-state index in [2.05, 4.69) is 42.0 Å². The molecule has 1 unspecified atom stereocenters. The fourth-order valence-corrected chi connectivity index (χ4v) is 6.04. The van der Waals surface area contributed by atoms with E-state index >= 15 is 0 Å². The molecule has 2 aromatic carbocycles. The summed E-state index contributed by atoms with van der Waals surface area (Å²) in [6.45, 7) is 2.12. The lowest BCUT2D eigenvalue weighted by Gasteiger charge is -2.27. The summed E-state index contributed by atoms with van der Waals surface area (Å²) in [5.74, 6) is 1.41. The zero-order valence-corrected chi connectivity index (χ0v) is 26.7. The number of methoxy groups -OCH3 is 1. The Morgan fingerprint density at radius 2 is 1.93 bits per heavy atom. The molecule has 2 aliphatic rings. The molecule has 1 aliphatic heterocycles. The van der Waals surface area contributed by atoms with Gasteiger partial charge in [0.05, 0.1) is 53.8 Å². The highest BCUT2D eigenvalue weighted by atomic mass is 79.9. The lowest BCUT2D eigenvalue weighted by Crippen LogP contribution is -2.33. The average Bonchev–Trinajstić information content (AvgIpc) is 3.41. The average molecular weight is 670 g/mol. The predicted molar refractivity (Wildman–Crippen MR) is 170 cm³/mol. The monoisotopic (exact) mass is 668 g/mol. The third-order valence-corrected chi connectivity index (χ3v) is 9.50. The molecule has 226 valence electrons. The highest BCUT2D eigenvalue weighted by molar-refractivity contribution is 9.10. The second kappa shape index (κ2) is 11.8. The van der Waals surface area contributed by atoms with Crippen molar-refractivity contribution in [1.82, 2.24) is 25.1 Å². The zero-order chi connectivity index (χ0) is 30.3. The van der Waals surface area contributed by atoms with Gasteiger partial charge >= 0.3 is 0 Å². The lowest BCUT2D eigenvalue weighted by molar-refractivity contribution is 0.0279. The van der Waals surface area contributed by atoms with Crippen LogP contribution >= 0.6 is 15.9 Å². The molecule has 1 saturated heterocycles. The van der Waals surface area contributed by atoms with Crippen molar-refractivity contribution in [2.75, 3.05) is 55.0 Å². The Balaban J connectivity index is 1.36. The molecule has 0 saturated carbocycles. The topological polar surface area (TPSA) is 136 Å². The number of aryl methyl sites for hydroxylation is 3. The van der Waals surface area contributed by atoms with E-state index in [0.717, 1.165) is 41.6 Å². The first-order chi connectivity index (χ1) is 20.6. The van der Waals surface area contributed by atoms with E-state index < -0.39 is 10.0 Å². The van der Waals surface area contributed by atoms with Crippen LogP contribution in [0, 0.1) is 0 Å². The zero-order valence-electron chi connectivity index (χ0n) is 24.3. The van der Waals surface area contributed by atoms with Gasteiger partial charge in [-0.2, -0.15) is 10.1 Å². The number of nitrogens with one attached hydrogen (secondary N) is 3. The first kappa shape index (κ1) is 29.4. The van der Waals surface area contributed by atoms with E-state index in [1.165, 1.54) is 16.1 Å². The van der Waals surface area contributed by atoms with Crippen LogP contribution in [0.2, 0.25) is 0 Å². The summed E-state index contributed by atoms with van der Waals surface area (Å²) >= 11 is 3.55. The summed E-state index contributed by atoms with van der Waals surface area (Å²) in [6, 6.07) is 7.89. The van der Waals surface area contributed by atoms with Gasteiger partial charge < -0.3 is 25.4 Å². The van der Waals surface area contributed by atoms with Crippen LogP contribution in [0.3, 0.4) is 0 Å². The van der Waals surface area contributed by atoms with Crippen LogP contribution in [0.4, 0.5) is 28.8 Å². The van der Waals surface area contributed by atoms with Crippen molar-refractivity contribution in [2.45, 2.75) is 18.9 Å². The molecule has 0 radical (unpaired) electrons. The molecule has 43 heavy (non-hydrogen) atoms. The maximum absolute atomic E-state index is 12.4. The molecule has 0 amide bonds. The van der Waals surface area contributed by atoms with Gasteiger partial charge in [-0.15, -0.1) is 0 Å². The molecule has 1 fully saturated rings. The van der Waals surface area contributed by atoms with E-state index in [1.54, 1.807) is 25.0 Å². The number of ether oxygens (including phenoxy) is 2. The summed E-state index contributed by atoms with van der Waals surface area (Å²) in [6.07, 6.45) is 8.34. The lowest BCUT2D eigenvalue weighted by atomic mass is 9.87. The first-order valence-corrected chi connectivity index (χ1v) is 16.4. The minimum atomic E-state index is -3.48. The summed E-state index contributed by atoms with van der Waals surface area (Å²) in [5.41, 5.74) is 7.08. The van der Waals surface area contributed by atoms with Crippen LogP contribution < -0.4 is 25.0 Å². The van der Waals surface area contributed by atoms with E-state index in [9.17, 15) is 8.42 Å². The van der Waals surface area contributed by atoms with Gasteiger partial charge in [-0.3, -0.25) is 8.99 Å². The van der Waals surface area contributed by atoms with Crippen molar-refractivity contribution in [2.24, 2.45) is 7.05 Å². The number of hydrogen-bond donors (Lipinski definition) is 3. The van der Waals surface area contributed by atoms with Gasteiger partial charge in [0.2, 0.25) is 16.0 Å². The van der Waals surface area contributed by atoms with Gasteiger partial charge in [0.25, 0.3) is 0 Å². The van der Waals surface area contributed by atoms with Crippen LogP contribution in [0.15, 0.2) is 47.3 Å². The summed E-state index contributed by atoms with van der Waals surface area (Å²) < 4.78 is 40.4. The van der Waals surface area contributed by atoms with Crippen LogP contribution in [-0.2, 0) is 34.6 Å². The minimum absolute atomic E-state index is 0.144. The maximum Gasteiger partial charge on any atom is 0.232 e. The summed E-state index contributed by atoms with van der Waals surface area (Å²) in [7, 11) is 1.57. The third kappa shape index (κ3) is 6.05. The quantitative estimate of drug-likeness (QED) is 0.237. The number of nitrogens with zero attached hydrogens (tertiary/aromatic N) is 5. The molecule has 2 aromatic heterocycles. The number of fused-ring (bicyclic) bond motifs is 1. The van der Waals surface area contributed by atoms with Crippen LogP contribution in [0.5, 0.6) is 5.75 Å². The van der Waals surface area contributed by atoms with Gasteiger partial charge in [0, 0.05) is 45.1 Å². The summed E-state index contributed by atoms with van der Waals surface area (Å²) in [4.78, 5) is 9.22. The Morgan fingerprint density at radius 3 is 2.58 bits per heavy atom. The number of morpholine rings is 1. The van der Waals surface area contributed by atoms with Crippen LogP contribution in [-0.4, -0.2) is 68.3 Å². The van der Waals surface area contributed by atoms with Crippen molar-refractivity contribution in [3.8, 4) is 16.9 Å². The van der Waals surface area contributed by atoms with Crippen LogP contribution in [0.25, 0.3) is 11.1 Å². The van der Waals surface area contributed by atoms with Crippen molar-refractivity contribution in [3.05, 3.63) is 64.0 Å². The molecule has 6 rings (SSSR count). The molecule has 12 nitrogen and oxygen atoms in total. The van der Waals surface area contributed by atoms with Gasteiger partial charge in [0.1, 0.15) is 11.6 Å². The van der Waals surface area contributed by atoms with Crippen molar-refractivity contribution >= 4 is 54.8 Å². The van der Waals surface area contributed by atoms with Crippen molar-refractivity contribution < 1.29 is 17.9 Å². The van der Waals surface area contributed by atoms with E-state index in [0.29, 0.717) is 52.2 Å². The Bertz CT molecular complexity index is 1790. The number of sulfonamides is 1. The molecular weight excluding hydrogens is 636 g/mol. The van der Waals surface area contributed by atoms with Crippen molar-refractivity contribution in [1.29, 1.82) is 0 Å². The smallest absolute Gasteiger partial charge is 0.232 e. The van der Waals surface area contributed by atoms with Crippen molar-refractivity contribution in [3.63, 3.8) is 0 Å². The Hall–Kier alpha value is -3.72. The highest BCUT2D eigenvalue weighted by Crippen LogP contribution is 2.41. The number of aromatic nitrogens is 4. The number of anilines is 5. The molecular formula is C29H33BrN8O4S. The molecule has 4 aromatic rings. The van der Waals surface area contributed by atoms with E-state index in [1.807, 2.05) is 43.7 Å². The molecule has 1 aliphatic carbocycles. The Morgan fingerprint density at radius 1 is 1.14 bits per heavy atom. The second-order valence-corrected chi connectivity index (χ2v) is 13.5. The standard InChI is InChI=1S/C29H33BrN8O4S/c1-37-16-19(13-33-37)20-11-24(26(41-3)12-21(20)27-15-31-7-8-42-27)35-29-32-14-22(30)28(36-29)34-23-9-17-5-6-18(17)10-25(23)38(2)43(4,39)40/h9-14,16,27,31H,5-8,15H2,1-4H3,(H2,32,34,35,36). The molecule has 3 N–H and O–H groups in total. The summed E-state index contributed by atoms with van der Waals surface area (Å²) in [5, 5.41) is 14.4. The third-order valence-electron chi connectivity index (χ3n) is 7.72. The Kier molecular flexibility index (Phi) is 8.02. The number of rotatable bonds is 9. The fraction of sp³-hybridized carbons (Fsp3) is 0.345. The van der Waals surface area contributed by atoms with E-state index in [4.69, 9.17) is 14.5 Å². The molecule has 3 heterocycles. The van der Waals surface area contributed by atoms with Gasteiger partial charge in [0.15, 0.2) is 0 Å². The SMILES string of the molecule is COc1cc(C2CNCCO2)c(-c2cnn(C)c2)cc1Nc1ncc(Br)c(Nc2cc3c(cc2N(C)S(C)(=O)=O)CC3)n1. The molecule has 0 bridgehead atoms. The number of benzene rings is 2. The van der Waals surface area contributed by atoms with Gasteiger partial charge in [-0.1, -0.05) is 0 Å². The molecule has 0 spiro atoms. The van der Waals surface area contributed by atoms with Gasteiger partial charge in [-0.25, -0.2) is 13.4 Å². The Labute approximate surface area is 259 Å². The second-order valence-electron chi connectivity index (χ2n) is 10.6. The normalized spacial score (nSPS) is 16.3. The highest BCUT2D eigenvalue weighted by Gasteiger charge is 2.25. The molecule has 1 atom stereocenters. The largest absolute Gasteiger partial charge is 0.495 e. The van der Waals surface area contributed by atoms with E-state index in [-0.39, 0.29) is 6.10 Å². The fourth-order valence-electron chi connectivity index (χ4n) is 5.24. The number of halogens is 1. The van der Waals surface area contributed by atoms with Crippen LogP contribution in [0.1, 0.15) is 22.8 Å². The predicted octanol–water partition coefficient (Wildman–Crippen LogP) is 4.29.